The number of rotatable bonds is 0. The van der Waals surface area contributed by atoms with Crippen molar-refractivity contribution in [1.29, 1.82) is 0 Å². The van der Waals surface area contributed by atoms with Gasteiger partial charge in [0.05, 0.1) is 18.3 Å². The maximum atomic E-state index is 10.1. The number of hydrogen-bond acceptors (Lipinski definition) is 2. The van der Waals surface area contributed by atoms with Gasteiger partial charge < -0.3 is 9.84 Å². The Morgan fingerprint density at radius 1 is 0.909 bits per heavy atom. The first-order valence-corrected chi connectivity index (χ1v) is 9.81. The zero-order valence-electron chi connectivity index (χ0n) is 14.3. The normalized spacial score (nSPS) is 63.1. The van der Waals surface area contributed by atoms with Crippen LogP contribution < -0.4 is 0 Å². The summed E-state index contributed by atoms with van der Waals surface area (Å²) < 4.78 is 6.02. The first-order valence-electron chi connectivity index (χ1n) is 9.81. The molecule has 124 valence electrons. The number of fused-ring (bicyclic) bond motifs is 6. The monoisotopic (exact) mass is 304 g/mol. The van der Waals surface area contributed by atoms with Crippen molar-refractivity contribution in [3.8, 4) is 0 Å². The number of epoxide rings is 1. The van der Waals surface area contributed by atoms with Crippen LogP contribution in [0, 0.1) is 34.5 Å². The zero-order valence-corrected chi connectivity index (χ0v) is 14.3. The van der Waals surface area contributed by atoms with Crippen LogP contribution in [0.4, 0.5) is 0 Å². The first-order chi connectivity index (χ1) is 10.5. The van der Waals surface area contributed by atoms with Crippen LogP contribution in [0.25, 0.3) is 0 Å². The SMILES string of the molecule is C[C@]12CC[C@@H](O)C[C@H]1CC[C@@H]1[C@@H]2CC[C@@]2(C)[C@H]1CC[C@@]21CO1. The summed E-state index contributed by atoms with van der Waals surface area (Å²) in [6, 6.07) is 0. The van der Waals surface area contributed by atoms with Gasteiger partial charge in [0.15, 0.2) is 0 Å². The Labute approximate surface area is 135 Å². The summed E-state index contributed by atoms with van der Waals surface area (Å²) >= 11 is 0. The maximum absolute atomic E-state index is 10.1. The lowest BCUT2D eigenvalue weighted by atomic mass is 9.44. The lowest BCUT2D eigenvalue weighted by Gasteiger charge is -2.60. The molecule has 0 bridgehead atoms. The molecule has 1 saturated heterocycles. The second-order valence-corrected chi connectivity index (χ2v) is 9.86. The Hall–Kier alpha value is -0.0800. The Kier molecular flexibility index (Phi) is 2.79. The van der Waals surface area contributed by atoms with Gasteiger partial charge in [-0.3, -0.25) is 0 Å². The van der Waals surface area contributed by atoms with Crippen LogP contribution in [0.1, 0.15) is 71.6 Å². The van der Waals surface area contributed by atoms with Crippen molar-refractivity contribution in [2.24, 2.45) is 34.5 Å². The average molecular weight is 304 g/mol. The van der Waals surface area contributed by atoms with Crippen molar-refractivity contribution < 1.29 is 9.84 Å². The second kappa shape index (κ2) is 4.30. The molecular weight excluding hydrogens is 272 g/mol. The standard InChI is InChI=1S/C20H32O2/c1-18-8-5-14(21)11-13(18)3-4-15-16(18)6-9-19(2)17(15)7-10-20(19)12-22-20/h13-17,21H,3-12H2,1-2H3/t13-,14-,15-,16+,17+,18+,19+,20-/m1/s1. The van der Waals surface area contributed by atoms with Crippen molar-refractivity contribution in [2.45, 2.75) is 83.3 Å². The minimum atomic E-state index is -0.0157. The smallest absolute Gasteiger partial charge is 0.0972 e. The van der Waals surface area contributed by atoms with E-state index in [0.717, 1.165) is 43.1 Å². The highest BCUT2D eigenvalue weighted by atomic mass is 16.6. The van der Waals surface area contributed by atoms with Crippen molar-refractivity contribution in [3.63, 3.8) is 0 Å². The molecule has 5 rings (SSSR count). The summed E-state index contributed by atoms with van der Waals surface area (Å²) in [6.45, 7) is 6.19. The summed E-state index contributed by atoms with van der Waals surface area (Å²) in [4.78, 5) is 0. The van der Waals surface area contributed by atoms with Crippen molar-refractivity contribution in [3.05, 3.63) is 0 Å². The Bertz CT molecular complexity index is 484. The molecule has 5 aliphatic rings. The number of aliphatic hydroxyl groups is 1. The van der Waals surface area contributed by atoms with Crippen molar-refractivity contribution >= 4 is 0 Å². The van der Waals surface area contributed by atoms with Crippen LogP contribution in [-0.2, 0) is 4.74 Å². The van der Waals surface area contributed by atoms with E-state index in [2.05, 4.69) is 13.8 Å². The summed E-state index contributed by atoms with van der Waals surface area (Å²) in [7, 11) is 0. The van der Waals surface area contributed by atoms with E-state index in [0.29, 0.717) is 16.4 Å². The molecule has 22 heavy (non-hydrogen) atoms. The van der Waals surface area contributed by atoms with E-state index in [9.17, 15) is 5.11 Å². The van der Waals surface area contributed by atoms with E-state index in [4.69, 9.17) is 4.74 Å². The van der Waals surface area contributed by atoms with Gasteiger partial charge >= 0.3 is 0 Å². The highest BCUT2D eigenvalue weighted by Crippen LogP contribution is 2.71. The third-order valence-corrected chi connectivity index (χ3v) is 9.42. The molecule has 4 aliphatic carbocycles. The largest absolute Gasteiger partial charge is 0.393 e. The molecule has 0 unspecified atom stereocenters. The van der Waals surface area contributed by atoms with E-state index in [1.807, 2.05) is 0 Å². The molecule has 0 aromatic carbocycles. The molecule has 0 aromatic rings. The Morgan fingerprint density at radius 2 is 1.68 bits per heavy atom. The summed E-state index contributed by atoms with van der Waals surface area (Å²) in [6.07, 6.45) is 11.7. The summed E-state index contributed by atoms with van der Waals surface area (Å²) in [5.41, 5.74) is 1.29. The molecule has 0 radical (unpaired) electrons. The molecule has 5 fully saturated rings. The fourth-order valence-corrected chi connectivity index (χ4v) is 7.89. The molecule has 0 amide bonds. The van der Waals surface area contributed by atoms with E-state index in [-0.39, 0.29) is 6.10 Å². The lowest BCUT2D eigenvalue weighted by Crippen LogP contribution is -2.54. The van der Waals surface area contributed by atoms with Gasteiger partial charge in [0.25, 0.3) is 0 Å². The molecule has 8 atom stereocenters. The minimum Gasteiger partial charge on any atom is -0.393 e. The fourth-order valence-electron chi connectivity index (χ4n) is 7.89. The van der Waals surface area contributed by atoms with Gasteiger partial charge in [-0.2, -0.15) is 0 Å². The number of ether oxygens (including phenoxy) is 1. The van der Waals surface area contributed by atoms with Gasteiger partial charge in [-0.25, -0.2) is 0 Å². The van der Waals surface area contributed by atoms with Crippen LogP contribution in [0.15, 0.2) is 0 Å². The van der Waals surface area contributed by atoms with Gasteiger partial charge in [-0.15, -0.1) is 0 Å². The van der Waals surface area contributed by atoms with Crippen molar-refractivity contribution in [2.75, 3.05) is 6.61 Å². The quantitative estimate of drug-likeness (QED) is 0.682. The molecule has 1 aliphatic heterocycles. The number of hydrogen-bond donors (Lipinski definition) is 1. The third kappa shape index (κ3) is 1.59. The zero-order chi connectivity index (χ0) is 15.2. The van der Waals surface area contributed by atoms with E-state index in [1.54, 1.807) is 0 Å². The molecule has 4 saturated carbocycles. The van der Waals surface area contributed by atoms with Crippen molar-refractivity contribution in [1.82, 2.24) is 0 Å². The minimum absolute atomic E-state index is 0.0157. The predicted molar refractivity (Wildman–Crippen MR) is 86.4 cm³/mol. The van der Waals surface area contributed by atoms with Crippen LogP contribution >= 0.6 is 0 Å². The van der Waals surface area contributed by atoms with E-state index >= 15 is 0 Å². The topological polar surface area (TPSA) is 32.8 Å². The maximum Gasteiger partial charge on any atom is 0.0972 e. The highest BCUT2D eigenvalue weighted by molar-refractivity contribution is 5.18. The highest BCUT2D eigenvalue weighted by Gasteiger charge is 2.69. The molecular formula is C20H32O2. The van der Waals surface area contributed by atoms with Crippen LogP contribution in [0.5, 0.6) is 0 Å². The van der Waals surface area contributed by atoms with Gasteiger partial charge in [0.1, 0.15) is 0 Å². The van der Waals surface area contributed by atoms with Crippen LogP contribution in [0.3, 0.4) is 0 Å². The van der Waals surface area contributed by atoms with Gasteiger partial charge in [-0.1, -0.05) is 13.8 Å². The fraction of sp³-hybridized carbons (Fsp3) is 1.00. The molecule has 1 heterocycles. The molecule has 1 N–H and O–H groups in total. The van der Waals surface area contributed by atoms with E-state index < -0.39 is 0 Å². The molecule has 0 aromatic heterocycles. The van der Waals surface area contributed by atoms with E-state index in [1.165, 1.54) is 44.9 Å². The average Bonchev–Trinajstić information content (AvgIpc) is 3.22. The Morgan fingerprint density at radius 3 is 2.45 bits per heavy atom. The first kappa shape index (κ1) is 14.3. The van der Waals surface area contributed by atoms with Gasteiger partial charge in [0.2, 0.25) is 0 Å². The summed E-state index contributed by atoms with van der Waals surface area (Å²) in [5, 5.41) is 10.1. The lowest BCUT2D eigenvalue weighted by molar-refractivity contribution is -0.128. The number of aliphatic hydroxyl groups excluding tert-OH is 1. The third-order valence-electron chi connectivity index (χ3n) is 9.42. The molecule has 2 heteroatoms. The van der Waals surface area contributed by atoms with Crippen LogP contribution in [-0.4, -0.2) is 23.4 Å². The Balaban J connectivity index is 1.46. The van der Waals surface area contributed by atoms with Gasteiger partial charge in [0, 0.05) is 5.41 Å². The molecule has 1 spiro atoms. The van der Waals surface area contributed by atoms with Gasteiger partial charge in [-0.05, 0) is 86.9 Å². The molecule has 2 nitrogen and oxygen atoms in total. The summed E-state index contributed by atoms with van der Waals surface area (Å²) in [5.74, 6) is 3.57. The predicted octanol–water partition coefficient (Wildman–Crippen LogP) is 4.16. The second-order valence-electron chi connectivity index (χ2n) is 9.86. The van der Waals surface area contributed by atoms with Crippen LogP contribution in [0.2, 0.25) is 0 Å².